The quantitative estimate of drug-likeness (QED) is 0.359. The summed E-state index contributed by atoms with van der Waals surface area (Å²) < 4.78 is 6.69. The summed E-state index contributed by atoms with van der Waals surface area (Å²) in [6, 6.07) is 3.10. The number of thiazole rings is 1. The number of esters is 1. The Labute approximate surface area is 231 Å². The third-order valence-electron chi connectivity index (χ3n) is 6.16. The third-order valence-corrected chi connectivity index (χ3v) is 6.92. The SMILES string of the molecule is CC(C)(C)OC(=O)C=Cc1c(N2CCC(O)CC2)nc2cc(C(=O)Nc3nc(C(C)(C)C)cs3)ccn2c1=O. The molecule has 0 aliphatic carbocycles. The van der Waals surface area contributed by atoms with Crippen molar-refractivity contribution in [3.8, 4) is 0 Å². The molecule has 1 aliphatic heterocycles. The van der Waals surface area contributed by atoms with E-state index in [9.17, 15) is 19.5 Å². The van der Waals surface area contributed by atoms with Gasteiger partial charge in [0.2, 0.25) is 0 Å². The van der Waals surface area contributed by atoms with Crippen LogP contribution in [0.2, 0.25) is 0 Å². The number of aliphatic hydroxyl groups is 1. The Balaban J connectivity index is 1.70. The number of nitrogens with one attached hydrogen (secondary N) is 1. The van der Waals surface area contributed by atoms with Gasteiger partial charge in [0.15, 0.2) is 5.13 Å². The van der Waals surface area contributed by atoms with Crippen molar-refractivity contribution < 1.29 is 19.4 Å². The predicted octanol–water partition coefficient (Wildman–Crippen LogP) is 4.02. The van der Waals surface area contributed by atoms with Crippen LogP contribution in [0.4, 0.5) is 10.9 Å². The second kappa shape index (κ2) is 10.9. The Bertz CT molecular complexity index is 1470. The molecule has 0 spiro atoms. The number of ether oxygens (including phenoxy) is 1. The zero-order valence-corrected chi connectivity index (χ0v) is 24.0. The van der Waals surface area contributed by atoms with Crippen LogP contribution in [0, 0.1) is 0 Å². The normalized spacial score (nSPS) is 15.2. The molecule has 3 aromatic rings. The van der Waals surface area contributed by atoms with E-state index in [0.29, 0.717) is 42.4 Å². The lowest BCUT2D eigenvalue weighted by atomic mass is 9.93. The van der Waals surface area contributed by atoms with Gasteiger partial charge >= 0.3 is 5.97 Å². The molecule has 1 fully saturated rings. The highest BCUT2D eigenvalue weighted by Crippen LogP contribution is 2.27. The van der Waals surface area contributed by atoms with Gasteiger partial charge in [-0.05, 0) is 51.8 Å². The maximum Gasteiger partial charge on any atom is 0.331 e. The standard InChI is InChI=1S/C28H35N5O5S/c1-27(2,3)20-16-39-26(29-20)31-24(36)17-9-14-33-21(15-17)30-23(32-12-10-18(34)11-13-32)19(25(33)37)7-8-22(35)38-28(4,5)6/h7-9,14-16,18,34H,10-13H2,1-6H3,(H,29,31,36). The van der Waals surface area contributed by atoms with E-state index in [1.54, 1.807) is 32.9 Å². The van der Waals surface area contributed by atoms with E-state index >= 15 is 0 Å². The number of nitrogens with zero attached hydrogens (tertiary/aromatic N) is 4. The predicted molar refractivity (Wildman–Crippen MR) is 153 cm³/mol. The number of aliphatic hydroxyl groups excluding tert-OH is 1. The molecule has 39 heavy (non-hydrogen) atoms. The number of piperidine rings is 1. The van der Waals surface area contributed by atoms with E-state index in [0.717, 1.165) is 5.69 Å². The molecule has 1 amide bonds. The molecule has 0 bridgehead atoms. The Morgan fingerprint density at radius 3 is 2.46 bits per heavy atom. The topological polar surface area (TPSA) is 126 Å². The first-order chi connectivity index (χ1) is 18.2. The molecule has 0 unspecified atom stereocenters. The molecule has 2 N–H and O–H groups in total. The van der Waals surface area contributed by atoms with E-state index in [2.05, 4.69) is 31.1 Å². The van der Waals surface area contributed by atoms with E-state index in [1.807, 2.05) is 10.3 Å². The van der Waals surface area contributed by atoms with E-state index < -0.39 is 17.7 Å². The smallest absolute Gasteiger partial charge is 0.331 e. The van der Waals surface area contributed by atoms with Gasteiger partial charge in [-0.25, -0.2) is 14.8 Å². The number of carbonyl (C=O) groups is 2. The van der Waals surface area contributed by atoms with Crippen LogP contribution in [0.5, 0.6) is 0 Å². The molecule has 11 heteroatoms. The zero-order valence-electron chi connectivity index (χ0n) is 23.1. The summed E-state index contributed by atoms with van der Waals surface area (Å²) in [6.07, 6.45) is 4.79. The van der Waals surface area contributed by atoms with Gasteiger partial charge in [-0.3, -0.25) is 19.3 Å². The number of hydrogen-bond donors (Lipinski definition) is 2. The van der Waals surface area contributed by atoms with Crippen molar-refractivity contribution in [3.63, 3.8) is 0 Å². The summed E-state index contributed by atoms with van der Waals surface area (Å²) >= 11 is 1.35. The number of rotatable bonds is 5. The average molecular weight is 554 g/mol. The number of hydrogen-bond acceptors (Lipinski definition) is 9. The molecule has 1 saturated heterocycles. The number of anilines is 2. The van der Waals surface area contributed by atoms with Crippen molar-refractivity contribution >= 4 is 45.9 Å². The Kier molecular flexibility index (Phi) is 7.94. The van der Waals surface area contributed by atoms with Gasteiger partial charge in [-0.15, -0.1) is 11.3 Å². The van der Waals surface area contributed by atoms with Crippen molar-refractivity contribution in [1.82, 2.24) is 14.4 Å². The van der Waals surface area contributed by atoms with E-state index in [1.165, 1.54) is 34.1 Å². The average Bonchev–Trinajstić information content (AvgIpc) is 3.31. The molecule has 0 atom stereocenters. The molecule has 10 nitrogen and oxygen atoms in total. The fourth-order valence-corrected chi connectivity index (χ4v) is 5.01. The van der Waals surface area contributed by atoms with E-state index in [4.69, 9.17) is 9.72 Å². The van der Waals surface area contributed by atoms with Gasteiger partial charge in [0, 0.05) is 41.7 Å². The molecule has 4 heterocycles. The lowest BCUT2D eigenvalue weighted by Crippen LogP contribution is -2.38. The number of amides is 1. The number of pyridine rings is 1. The van der Waals surface area contributed by atoms with Crippen molar-refractivity contribution in [3.05, 3.63) is 57.0 Å². The largest absolute Gasteiger partial charge is 0.457 e. The van der Waals surface area contributed by atoms with Gasteiger partial charge in [0.05, 0.1) is 17.4 Å². The molecule has 0 radical (unpaired) electrons. The summed E-state index contributed by atoms with van der Waals surface area (Å²) in [5.41, 5.74) is 0.534. The minimum atomic E-state index is -0.673. The van der Waals surface area contributed by atoms with Gasteiger partial charge in [0.25, 0.3) is 11.5 Å². The number of carbonyl (C=O) groups excluding carboxylic acids is 2. The highest BCUT2D eigenvalue weighted by atomic mass is 32.1. The summed E-state index contributed by atoms with van der Waals surface area (Å²) in [4.78, 5) is 50.1. The zero-order chi connectivity index (χ0) is 28.5. The van der Waals surface area contributed by atoms with Gasteiger partial charge in [0.1, 0.15) is 17.1 Å². The second-order valence-corrected chi connectivity index (χ2v) is 12.5. The van der Waals surface area contributed by atoms with Crippen molar-refractivity contribution in [2.24, 2.45) is 0 Å². The number of aromatic nitrogens is 3. The maximum atomic E-state index is 13.6. The Hall–Kier alpha value is -3.57. The fourth-order valence-electron chi connectivity index (χ4n) is 4.08. The van der Waals surface area contributed by atoms with Crippen LogP contribution < -0.4 is 15.8 Å². The lowest BCUT2D eigenvalue weighted by molar-refractivity contribution is -0.148. The summed E-state index contributed by atoms with van der Waals surface area (Å²) in [5.74, 6) is -0.548. The first kappa shape index (κ1) is 28.4. The molecule has 0 saturated carbocycles. The first-order valence-electron chi connectivity index (χ1n) is 12.9. The Morgan fingerprint density at radius 1 is 1.15 bits per heavy atom. The van der Waals surface area contributed by atoms with E-state index in [-0.39, 0.29) is 28.1 Å². The number of fused-ring (bicyclic) bond motifs is 1. The van der Waals surface area contributed by atoms with Crippen LogP contribution >= 0.6 is 11.3 Å². The first-order valence-corrected chi connectivity index (χ1v) is 13.8. The molecular formula is C28H35N5O5S. The summed E-state index contributed by atoms with van der Waals surface area (Å²) in [6.45, 7) is 12.5. The van der Waals surface area contributed by atoms with Crippen LogP contribution in [0.3, 0.4) is 0 Å². The molecule has 1 aliphatic rings. The minimum absolute atomic E-state index is 0.135. The Morgan fingerprint density at radius 2 is 1.85 bits per heavy atom. The van der Waals surface area contributed by atoms with Gasteiger partial charge < -0.3 is 14.7 Å². The fraction of sp³-hybridized carbons (Fsp3) is 0.464. The van der Waals surface area contributed by atoms with Gasteiger partial charge in [-0.2, -0.15) is 0 Å². The van der Waals surface area contributed by atoms with Crippen molar-refractivity contribution in [2.75, 3.05) is 23.3 Å². The van der Waals surface area contributed by atoms with Crippen molar-refractivity contribution in [2.45, 2.75) is 71.5 Å². The minimum Gasteiger partial charge on any atom is -0.457 e. The van der Waals surface area contributed by atoms with Gasteiger partial charge in [-0.1, -0.05) is 20.8 Å². The van der Waals surface area contributed by atoms with Crippen LogP contribution in [0.15, 0.2) is 34.6 Å². The maximum absolute atomic E-state index is 13.6. The van der Waals surface area contributed by atoms with Crippen LogP contribution in [0.1, 0.15) is 76.0 Å². The monoisotopic (exact) mass is 553 g/mol. The molecule has 208 valence electrons. The lowest BCUT2D eigenvalue weighted by Gasteiger charge is -2.31. The third kappa shape index (κ3) is 6.90. The summed E-state index contributed by atoms with van der Waals surface area (Å²) in [5, 5.41) is 15.2. The van der Waals surface area contributed by atoms with Crippen LogP contribution in [-0.2, 0) is 14.9 Å². The van der Waals surface area contributed by atoms with Crippen LogP contribution in [-0.4, -0.2) is 56.1 Å². The molecular weight excluding hydrogens is 518 g/mol. The second-order valence-electron chi connectivity index (χ2n) is 11.6. The van der Waals surface area contributed by atoms with Crippen molar-refractivity contribution in [1.29, 1.82) is 0 Å². The summed E-state index contributed by atoms with van der Waals surface area (Å²) in [7, 11) is 0. The molecule has 4 rings (SSSR count). The highest BCUT2D eigenvalue weighted by Gasteiger charge is 2.24. The highest BCUT2D eigenvalue weighted by molar-refractivity contribution is 7.14. The molecule has 0 aromatic carbocycles. The van der Waals surface area contributed by atoms with Crippen LogP contribution in [0.25, 0.3) is 11.7 Å². The molecule has 3 aromatic heterocycles.